The molecule has 0 aromatic rings. The largest absolute Gasteiger partial charge is 0.283 e. The molecule has 2 unspecified atom stereocenters. The SMILES string of the molecule is CN1C(=O)C2(Br)CCCCC2(Br)C1=O. The predicted molar refractivity (Wildman–Crippen MR) is 59.6 cm³/mol. The van der Waals surface area contributed by atoms with Crippen LogP contribution in [0.15, 0.2) is 0 Å². The number of fused-ring (bicyclic) bond motifs is 1. The Bertz CT molecular complexity index is 290. The fraction of sp³-hybridized carbons (Fsp3) is 0.778. The van der Waals surface area contributed by atoms with Crippen molar-refractivity contribution in [1.29, 1.82) is 0 Å². The second-order valence-corrected chi connectivity index (χ2v) is 6.69. The lowest BCUT2D eigenvalue weighted by atomic mass is 9.80. The summed E-state index contributed by atoms with van der Waals surface area (Å²) in [5, 5.41) is 0. The number of nitrogens with zero attached hydrogens (tertiary/aromatic N) is 1. The summed E-state index contributed by atoms with van der Waals surface area (Å²) in [4.78, 5) is 25.0. The van der Waals surface area contributed by atoms with Gasteiger partial charge in [-0.25, -0.2) is 0 Å². The lowest BCUT2D eigenvalue weighted by Crippen LogP contribution is -2.49. The van der Waals surface area contributed by atoms with Crippen molar-refractivity contribution in [3.05, 3.63) is 0 Å². The van der Waals surface area contributed by atoms with Crippen LogP contribution in [0.1, 0.15) is 25.7 Å². The summed E-state index contributed by atoms with van der Waals surface area (Å²) >= 11 is 6.93. The highest BCUT2D eigenvalue weighted by Gasteiger charge is 2.66. The van der Waals surface area contributed by atoms with Crippen LogP contribution in [-0.2, 0) is 9.59 Å². The third kappa shape index (κ3) is 1.03. The Morgan fingerprint density at radius 1 is 1.07 bits per heavy atom. The van der Waals surface area contributed by atoms with Crippen molar-refractivity contribution in [1.82, 2.24) is 4.90 Å². The Balaban J connectivity index is 2.51. The van der Waals surface area contributed by atoms with Gasteiger partial charge < -0.3 is 0 Å². The van der Waals surface area contributed by atoms with Crippen molar-refractivity contribution >= 4 is 43.7 Å². The zero-order valence-electron chi connectivity index (χ0n) is 7.85. The highest BCUT2D eigenvalue weighted by molar-refractivity contribution is 9.13. The molecule has 1 saturated carbocycles. The Morgan fingerprint density at radius 2 is 1.43 bits per heavy atom. The summed E-state index contributed by atoms with van der Waals surface area (Å²) in [6.07, 6.45) is 3.44. The molecule has 0 aromatic carbocycles. The van der Waals surface area contributed by atoms with Crippen LogP contribution in [-0.4, -0.2) is 32.4 Å². The fourth-order valence-corrected chi connectivity index (χ4v) is 4.14. The number of halogens is 2. The van der Waals surface area contributed by atoms with E-state index < -0.39 is 8.65 Å². The molecule has 3 nitrogen and oxygen atoms in total. The van der Waals surface area contributed by atoms with Crippen molar-refractivity contribution in [2.45, 2.75) is 34.3 Å². The molecule has 0 bridgehead atoms. The molecule has 2 amide bonds. The number of amides is 2. The molecule has 0 spiro atoms. The molecule has 2 rings (SSSR count). The van der Waals surface area contributed by atoms with Gasteiger partial charge in [0, 0.05) is 7.05 Å². The van der Waals surface area contributed by atoms with Crippen LogP contribution in [0.5, 0.6) is 0 Å². The van der Waals surface area contributed by atoms with E-state index in [1.54, 1.807) is 7.05 Å². The third-order valence-corrected chi connectivity index (χ3v) is 6.57. The predicted octanol–water partition coefficient (Wildman–Crippen LogP) is 1.83. The Kier molecular flexibility index (Phi) is 2.31. The lowest BCUT2D eigenvalue weighted by Gasteiger charge is -2.36. The number of carbonyl (C=O) groups excluding carboxylic acids is 2. The van der Waals surface area contributed by atoms with Gasteiger partial charge >= 0.3 is 0 Å². The summed E-state index contributed by atoms with van der Waals surface area (Å²) in [5.74, 6) is -0.224. The highest BCUT2D eigenvalue weighted by atomic mass is 79.9. The van der Waals surface area contributed by atoms with Gasteiger partial charge in [0.05, 0.1) is 0 Å². The van der Waals surface area contributed by atoms with Crippen LogP contribution in [0.4, 0.5) is 0 Å². The third-order valence-electron chi connectivity index (χ3n) is 3.21. The molecule has 14 heavy (non-hydrogen) atoms. The molecule has 5 heteroatoms. The van der Waals surface area contributed by atoms with E-state index in [-0.39, 0.29) is 11.8 Å². The Hall–Kier alpha value is 0.1000. The van der Waals surface area contributed by atoms with Gasteiger partial charge in [-0.3, -0.25) is 14.5 Å². The summed E-state index contributed by atoms with van der Waals surface area (Å²) in [7, 11) is 1.55. The summed E-state index contributed by atoms with van der Waals surface area (Å²) < 4.78 is -1.41. The molecule has 1 heterocycles. The lowest BCUT2D eigenvalue weighted by molar-refractivity contribution is -0.137. The van der Waals surface area contributed by atoms with E-state index in [2.05, 4.69) is 31.9 Å². The molecule has 2 aliphatic rings. The van der Waals surface area contributed by atoms with E-state index in [0.29, 0.717) is 0 Å². The minimum atomic E-state index is -0.704. The Morgan fingerprint density at radius 3 is 1.79 bits per heavy atom. The van der Waals surface area contributed by atoms with Crippen molar-refractivity contribution in [2.24, 2.45) is 0 Å². The van der Waals surface area contributed by atoms with Crippen molar-refractivity contribution in [3.8, 4) is 0 Å². The van der Waals surface area contributed by atoms with E-state index in [4.69, 9.17) is 0 Å². The van der Waals surface area contributed by atoms with Crippen molar-refractivity contribution < 1.29 is 9.59 Å². The van der Waals surface area contributed by atoms with Gasteiger partial charge in [0.2, 0.25) is 11.8 Å². The number of hydrogen-bond donors (Lipinski definition) is 0. The molecular formula is C9H11Br2NO2. The van der Waals surface area contributed by atoms with Gasteiger partial charge in [0.1, 0.15) is 8.65 Å². The fourth-order valence-electron chi connectivity index (χ4n) is 2.31. The first-order chi connectivity index (χ1) is 6.43. The molecule has 0 radical (unpaired) electrons. The first-order valence-electron chi connectivity index (χ1n) is 4.64. The second-order valence-electron chi connectivity index (χ2n) is 3.98. The minimum absolute atomic E-state index is 0.112. The number of imide groups is 1. The van der Waals surface area contributed by atoms with Gasteiger partial charge in [-0.05, 0) is 12.8 Å². The normalized spacial score (nSPS) is 42.9. The molecule has 0 aromatic heterocycles. The van der Waals surface area contributed by atoms with Crippen molar-refractivity contribution in [3.63, 3.8) is 0 Å². The maximum Gasteiger partial charge on any atom is 0.247 e. The molecule has 2 fully saturated rings. The summed E-state index contributed by atoms with van der Waals surface area (Å²) in [5.41, 5.74) is 0. The number of likely N-dealkylation sites (tertiary alicyclic amines) is 1. The van der Waals surface area contributed by atoms with E-state index in [9.17, 15) is 9.59 Å². The maximum absolute atomic E-state index is 11.9. The number of alkyl halides is 2. The monoisotopic (exact) mass is 323 g/mol. The van der Waals surface area contributed by atoms with Gasteiger partial charge in [0.15, 0.2) is 0 Å². The Labute approximate surface area is 99.5 Å². The van der Waals surface area contributed by atoms with Gasteiger partial charge in [-0.15, -0.1) is 0 Å². The van der Waals surface area contributed by atoms with Crippen LogP contribution in [0.2, 0.25) is 0 Å². The van der Waals surface area contributed by atoms with E-state index in [1.165, 1.54) is 4.90 Å². The van der Waals surface area contributed by atoms with Crippen LogP contribution >= 0.6 is 31.9 Å². The van der Waals surface area contributed by atoms with E-state index >= 15 is 0 Å². The van der Waals surface area contributed by atoms with Crippen LogP contribution in [0, 0.1) is 0 Å². The topological polar surface area (TPSA) is 37.4 Å². The average molecular weight is 325 g/mol. The molecule has 1 aliphatic heterocycles. The zero-order chi connectivity index (χ0) is 10.6. The first kappa shape index (κ1) is 10.6. The molecule has 2 atom stereocenters. The number of rotatable bonds is 0. The maximum atomic E-state index is 11.9. The molecular weight excluding hydrogens is 314 g/mol. The highest BCUT2D eigenvalue weighted by Crippen LogP contribution is 2.54. The van der Waals surface area contributed by atoms with Gasteiger partial charge in [-0.2, -0.15) is 0 Å². The molecule has 0 N–H and O–H groups in total. The van der Waals surface area contributed by atoms with Crippen molar-refractivity contribution in [2.75, 3.05) is 7.05 Å². The zero-order valence-corrected chi connectivity index (χ0v) is 11.0. The second kappa shape index (κ2) is 3.04. The van der Waals surface area contributed by atoms with Crippen LogP contribution in [0.3, 0.4) is 0 Å². The van der Waals surface area contributed by atoms with E-state index in [0.717, 1.165) is 25.7 Å². The minimum Gasteiger partial charge on any atom is -0.283 e. The molecule has 78 valence electrons. The van der Waals surface area contributed by atoms with Gasteiger partial charge in [0.25, 0.3) is 0 Å². The smallest absolute Gasteiger partial charge is 0.247 e. The van der Waals surface area contributed by atoms with Crippen LogP contribution < -0.4 is 0 Å². The molecule has 1 aliphatic carbocycles. The average Bonchev–Trinajstić information content (AvgIpc) is 2.30. The van der Waals surface area contributed by atoms with E-state index in [1.807, 2.05) is 0 Å². The van der Waals surface area contributed by atoms with Gasteiger partial charge in [-0.1, -0.05) is 44.7 Å². The molecule has 1 saturated heterocycles. The van der Waals surface area contributed by atoms with Crippen LogP contribution in [0.25, 0.3) is 0 Å². The summed E-state index contributed by atoms with van der Waals surface area (Å²) in [6, 6.07) is 0. The standard InChI is InChI=1S/C9H11Br2NO2/c1-12-6(13)8(10)4-2-3-5-9(8,11)7(12)14/h2-5H2,1H3. The quantitative estimate of drug-likeness (QED) is 0.503. The number of carbonyl (C=O) groups is 2. The number of hydrogen-bond acceptors (Lipinski definition) is 2. The first-order valence-corrected chi connectivity index (χ1v) is 6.22. The summed E-state index contributed by atoms with van der Waals surface area (Å²) in [6.45, 7) is 0.